The average molecular weight is 418 g/mol. The van der Waals surface area contributed by atoms with Crippen molar-refractivity contribution < 1.29 is 18.3 Å². The number of likely N-dealkylation sites (tertiary alicyclic amines) is 1. The Bertz CT molecular complexity index is 919. The van der Waals surface area contributed by atoms with E-state index in [4.69, 9.17) is 0 Å². The predicted molar refractivity (Wildman–Crippen MR) is 111 cm³/mol. The summed E-state index contributed by atoms with van der Waals surface area (Å²) in [6.07, 6.45) is 1.49. The van der Waals surface area contributed by atoms with Crippen LogP contribution in [-0.4, -0.2) is 50.6 Å². The van der Waals surface area contributed by atoms with Gasteiger partial charge in [0.25, 0.3) is 5.91 Å². The average Bonchev–Trinajstić information content (AvgIpc) is 2.74. The molecule has 1 heterocycles. The Hall–Kier alpha value is -2.26. The number of aliphatic hydroxyl groups is 1. The molecule has 0 bridgehead atoms. The number of nitrogens with one attached hydrogen (secondary N) is 2. The molecule has 0 aromatic heterocycles. The third-order valence-electron chi connectivity index (χ3n) is 5.13. The van der Waals surface area contributed by atoms with Crippen LogP contribution in [0, 0.1) is 0 Å². The van der Waals surface area contributed by atoms with Crippen molar-refractivity contribution in [3.05, 3.63) is 65.2 Å². The number of hydrogen-bond acceptors (Lipinski definition) is 5. The number of benzene rings is 2. The lowest BCUT2D eigenvalue weighted by atomic mass is 10.1. The van der Waals surface area contributed by atoms with Crippen LogP contribution in [0.5, 0.6) is 0 Å². The van der Waals surface area contributed by atoms with Crippen molar-refractivity contribution in [2.75, 3.05) is 20.1 Å². The van der Waals surface area contributed by atoms with Crippen LogP contribution in [-0.2, 0) is 23.1 Å². The van der Waals surface area contributed by atoms with Gasteiger partial charge in [-0.05, 0) is 55.3 Å². The maximum absolute atomic E-state index is 12.3. The molecule has 0 radical (unpaired) electrons. The Morgan fingerprint density at radius 3 is 2.21 bits per heavy atom. The smallest absolute Gasteiger partial charge is 0.251 e. The normalized spacial score (nSPS) is 15.9. The van der Waals surface area contributed by atoms with Crippen LogP contribution in [0.3, 0.4) is 0 Å². The molecule has 1 fully saturated rings. The molecule has 0 aliphatic carbocycles. The highest BCUT2D eigenvalue weighted by Crippen LogP contribution is 2.15. The second-order valence-electron chi connectivity index (χ2n) is 7.24. The molecule has 7 nitrogen and oxygen atoms in total. The summed E-state index contributed by atoms with van der Waals surface area (Å²) in [4.78, 5) is 14.8. The van der Waals surface area contributed by atoms with Crippen LogP contribution < -0.4 is 10.0 Å². The summed E-state index contributed by atoms with van der Waals surface area (Å²) in [5.41, 5.74) is 2.60. The van der Waals surface area contributed by atoms with E-state index >= 15 is 0 Å². The van der Waals surface area contributed by atoms with E-state index in [9.17, 15) is 18.3 Å². The third kappa shape index (κ3) is 5.86. The molecule has 2 aromatic rings. The van der Waals surface area contributed by atoms with Crippen molar-refractivity contribution in [2.45, 2.75) is 36.9 Å². The molecule has 0 atom stereocenters. The SMILES string of the molecule is CNS(=O)(=O)c1ccc(C(=O)NCc2ccc(CN3CCC(O)CC3)cc2)cc1. The highest BCUT2D eigenvalue weighted by atomic mass is 32.2. The number of rotatable bonds is 7. The summed E-state index contributed by atoms with van der Waals surface area (Å²) >= 11 is 0. The Labute approximate surface area is 171 Å². The minimum Gasteiger partial charge on any atom is -0.393 e. The number of piperidine rings is 1. The van der Waals surface area contributed by atoms with Crippen molar-refractivity contribution in [1.82, 2.24) is 14.9 Å². The van der Waals surface area contributed by atoms with Crippen molar-refractivity contribution in [3.8, 4) is 0 Å². The molecule has 29 heavy (non-hydrogen) atoms. The lowest BCUT2D eigenvalue weighted by molar-refractivity contribution is 0.0792. The minimum absolute atomic E-state index is 0.121. The van der Waals surface area contributed by atoms with Gasteiger partial charge in [-0.3, -0.25) is 9.69 Å². The van der Waals surface area contributed by atoms with Crippen LogP contribution in [0.2, 0.25) is 0 Å². The fraction of sp³-hybridized carbons (Fsp3) is 0.381. The lowest BCUT2D eigenvalue weighted by Gasteiger charge is -2.29. The number of nitrogens with zero attached hydrogens (tertiary/aromatic N) is 1. The molecule has 156 valence electrons. The van der Waals surface area contributed by atoms with Crippen LogP contribution >= 0.6 is 0 Å². The van der Waals surface area contributed by atoms with Gasteiger partial charge in [-0.2, -0.15) is 0 Å². The molecule has 1 aliphatic heterocycles. The van der Waals surface area contributed by atoms with Crippen LogP contribution in [0.4, 0.5) is 0 Å². The summed E-state index contributed by atoms with van der Waals surface area (Å²) in [5.74, 6) is -0.255. The molecular weight excluding hydrogens is 390 g/mol. The van der Waals surface area contributed by atoms with E-state index in [1.165, 1.54) is 36.9 Å². The molecule has 1 amide bonds. The van der Waals surface area contributed by atoms with Gasteiger partial charge in [-0.15, -0.1) is 0 Å². The van der Waals surface area contributed by atoms with Crippen molar-refractivity contribution in [3.63, 3.8) is 0 Å². The fourth-order valence-electron chi connectivity index (χ4n) is 3.29. The number of amides is 1. The van der Waals surface area contributed by atoms with E-state index in [1.54, 1.807) is 0 Å². The summed E-state index contributed by atoms with van der Waals surface area (Å²) in [5, 5.41) is 12.4. The van der Waals surface area contributed by atoms with Gasteiger partial charge < -0.3 is 10.4 Å². The Morgan fingerprint density at radius 1 is 1.03 bits per heavy atom. The summed E-state index contributed by atoms with van der Waals surface area (Å²) < 4.78 is 25.7. The Morgan fingerprint density at radius 2 is 1.62 bits per heavy atom. The predicted octanol–water partition coefficient (Wildman–Crippen LogP) is 1.48. The standard InChI is InChI=1S/C21H27N3O4S/c1-22-29(27,28)20-8-6-18(7-9-20)21(26)23-14-16-2-4-17(5-3-16)15-24-12-10-19(25)11-13-24/h2-9,19,22,25H,10-15H2,1H3,(H,23,26). The number of sulfonamides is 1. The molecule has 1 aliphatic rings. The van der Waals surface area contributed by atoms with Crippen molar-refractivity contribution in [2.24, 2.45) is 0 Å². The number of aliphatic hydroxyl groups excluding tert-OH is 1. The molecular formula is C21H27N3O4S. The first kappa shape index (κ1) is 21.4. The summed E-state index contributed by atoms with van der Waals surface area (Å²) in [6, 6.07) is 13.9. The van der Waals surface area contributed by atoms with Crippen LogP contribution in [0.15, 0.2) is 53.4 Å². The van der Waals surface area contributed by atoms with Crippen LogP contribution in [0.1, 0.15) is 34.3 Å². The third-order valence-corrected chi connectivity index (χ3v) is 6.57. The van der Waals surface area contributed by atoms with Crippen molar-refractivity contribution in [1.29, 1.82) is 0 Å². The summed E-state index contributed by atoms with van der Waals surface area (Å²) in [7, 11) is -2.17. The highest BCUT2D eigenvalue weighted by Gasteiger charge is 2.17. The molecule has 0 saturated carbocycles. The molecule has 3 rings (SSSR count). The van der Waals surface area contributed by atoms with Gasteiger partial charge in [-0.25, -0.2) is 13.1 Å². The van der Waals surface area contributed by atoms with E-state index < -0.39 is 10.0 Å². The quantitative estimate of drug-likeness (QED) is 0.634. The zero-order valence-electron chi connectivity index (χ0n) is 16.5. The van der Waals surface area contributed by atoms with Gasteiger partial charge in [0, 0.05) is 31.7 Å². The first-order valence-corrected chi connectivity index (χ1v) is 11.2. The minimum atomic E-state index is -3.51. The first-order chi connectivity index (χ1) is 13.9. The van der Waals surface area contributed by atoms with E-state index in [-0.39, 0.29) is 16.9 Å². The Kier molecular flexibility index (Phi) is 7.02. The second-order valence-corrected chi connectivity index (χ2v) is 9.12. The van der Waals surface area contributed by atoms with Gasteiger partial charge >= 0.3 is 0 Å². The zero-order valence-corrected chi connectivity index (χ0v) is 17.3. The van der Waals surface area contributed by atoms with E-state index in [2.05, 4.69) is 27.1 Å². The molecule has 3 N–H and O–H groups in total. The van der Waals surface area contributed by atoms with E-state index in [0.717, 1.165) is 38.0 Å². The van der Waals surface area contributed by atoms with Gasteiger partial charge in [0.2, 0.25) is 10.0 Å². The molecule has 0 spiro atoms. The zero-order chi connectivity index (χ0) is 20.9. The number of hydrogen-bond donors (Lipinski definition) is 3. The fourth-order valence-corrected chi connectivity index (χ4v) is 4.02. The molecule has 2 aromatic carbocycles. The highest BCUT2D eigenvalue weighted by molar-refractivity contribution is 7.89. The second kappa shape index (κ2) is 9.49. The maximum Gasteiger partial charge on any atom is 0.251 e. The Balaban J connectivity index is 1.51. The topological polar surface area (TPSA) is 98.7 Å². The number of carbonyl (C=O) groups excluding carboxylic acids is 1. The number of carbonyl (C=O) groups is 1. The maximum atomic E-state index is 12.3. The largest absolute Gasteiger partial charge is 0.393 e. The van der Waals surface area contributed by atoms with E-state index in [1.807, 2.05) is 12.1 Å². The van der Waals surface area contributed by atoms with E-state index in [0.29, 0.717) is 12.1 Å². The van der Waals surface area contributed by atoms with Gasteiger partial charge in [0.05, 0.1) is 11.0 Å². The van der Waals surface area contributed by atoms with Gasteiger partial charge in [-0.1, -0.05) is 24.3 Å². The molecule has 1 saturated heterocycles. The van der Waals surface area contributed by atoms with Crippen LogP contribution in [0.25, 0.3) is 0 Å². The monoisotopic (exact) mass is 417 g/mol. The first-order valence-electron chi connectivity index (χ1n) is 9.67. The lowest BCUT2D eigenvalue weighted by Crippen LogP contribution is -2.35. The molecule has 8 heteroatoms. The molecule has 0 unspecified atom stereocenters. The van der Waals surface area contributed by atoms with Gasteiger partial charge in [0.1, 0.15) is 0 Å². The van der Waals surface area contributed by atoms with Gasteiger partial charge in [0.15, 0.2) is 0 Å². The van der Waals surface area contributed by atoms with Crippen molar-refractivity contribution >= 4 is 15.9 Å². The summed E-state index contributed by atoms with van der Waals surface area (Å²) in [6.45, 7) is 3.08.